The molecule has 2 unspecified atom stereocenters. The van der Waals surface area contributed by atoms with E-state index in [9.17, 15) is 9.59 Å². The van der Waals surface area contributed by atoms with Crippen molar-refractivity contribution in [2.24, 2.45) is 5.92 Å². The molecule has 2 aromatic heterocycles. The number of rotatable bonds is 5. The van der Waals surface area contributed by atoms with Gasteiger partial charge < -0.3 is 4.74 Å². The fraction of sp³-hybridized carbons (Fsp3) is 0.278. The topological polar surface area (TPSA) is 65.6 Å². The normalized spacial score (nSPS) is 18.8. The van der Waals surface area contributed by atoms with E-state index in [1.165, 1.54) is 9.08 Å². The smallest absolute Gasteiger partial charge is 0.350 e. The van der Waals surface area contributed by atoms with Crippen molar-refractivity contribution in [1.82, 2.24) is 14.2 Å². The highest BCUT2D eigenvalue weighted by Gasteiger charge is 2.45. The largest absolute Gasteiger partial charge is 0.463 e. The monoisotopic (exact) mass is 391 g/mol. The summed E-state index contributed by atoms with van der Waals surface area (Å²) in [6, 6.07) is 10.7. The minimum atomic E-state index is -0.266. The molecule has 0 spiro atoms. The minimum absolute atomic E-state index is 0.104. The van der Waals surface area contributed by atoms with Crippen LogP contribution < -0.4 is 5.69 Å². The fourth-order valence-corrected chi connectivity index (χ4v) is 3.33. The summed E-state index contributed by atoms with van der Waals surface area (Å²) in [6.07, 6.45) is 2.38. The maximum atomic E-state index is 12.2. The van der Waals surface area contributed by atoms with Gasteiger partial charge in [-0.15, -0.1) is 5.10 Å². The van der Waals surface area contributed by atoms with Crippen molar-refractivity contribution >= 4 is 34.8 Å². The van der Waals surface area contributed by atoms with E-state index >= 15 is 0 Å². The predicted octanol–water partition coefficient (Wildman–Crippen LogP) is 3.15. The standard InChI is InChI=1S/C18H15Cl2N3O3/c19-14-5-4-11(9-15(14)20)12-10-13(12)17(24)26-8-7-23-18(25)22-6-2-1-3-16(22)21-23/h1-6,9,12-13H,7-8,10H2. The van der Waals surface area contributed by atoms with Gasteiger partial charge in [-0.2, -0.15) is 0 Å². The van der Waals surface area contributed by atoms with Crippen molar-refractivity contribution in [2.45, 2.75) is 18.9 Å². The summed E-state index contributed by atoms with van der Waals surface area (Å²) in [6.45, 7) is 0.323. The van der Waals surface area contributed by atoms with Crippen molar-refractivity contribution in [1.29, 1.82) is 0 Å². The molecular weight excluding hydrogens is 377 g/mol. The molecule has 0 amide bonds. The van der Waals surface area contributed by atoms with Gasteiger partial charge in [0.05, 0.1) is 22.5 Å². The number of nitrogens with zero attached hydrogens (tertiary/aromatic N) is 3. The zero-order valence-electron chi connectivity index (χ0n) is 13.6. The summed E-state index contributed by atoms with van der Waals surface area (Å²) in [5, 5.41) is 5.17. The number of fused-ring (bicyclic) bond motifs is 1. The predicted molar refractivity (Wildman–Crippen MR) is 97.7 cm³/mol. The summed E-state index contributed by atoms with van der Waals surface area (Å²) in [5.41, 5.74) is 1.29. The third kappa shape index (κ3) is 3.22. The molecule has 0 bridgehead atoms. The minimum Gasteiger partial charge on any atom is -0.463 e. The van der Waals surface area contributed by atoms with E-state index in [4.69, 9.17) is 27.9 Å². The first-order valence-corrected chi connectivity index (χ1v) is 8.96. The van der Waals surface area contributed by atoms with Crippen LogP contribution in [-0.2, 0) is 16.1 Å². The molecule has 0 radical (unpaired) electrons. The van der Waals surface area contributed by atoms with Gasteiger partial charge in [-0.3, -0.25) is 9.20 Å². The SMILES string of the molecule is O=C(OCCn1nc2ccccn2c1=O)C1CC1c1ccc(Cl)c(Cl)c1. The number of ether oxygens (including phenoxy) is 1. The second kappa shape index (κ2) is 6.78. The van der Waals surface area contributed by atoms with Gasteiger partial charge in [0.25, 0.3) is 0 Å². The van der Waals surface area contributed by atoms with Crippen molar-refractivity contribution in [2.75, 3.05) is 6.61 Å². The number of benzene rings is 1. The van der Waals surface area contributed by atoms with Gasteiger partial charge in [0.1, 0.15) is 6.61 Å². The zero-order valence-corrected chi connectivity index (χ0v) is 15.2. The molecule has 1 aromatic carbocycles. The Kier molecular flexibility index (Phi) is 4.46. The molecule has 0 aliphatic heterocycles. The van der Waals surface area contributed by atoms with Gasteiger partial charge in [-0.25, -0.2) is 9.48 Å². The summed E-state index contributed by atoms with van der Waals surface area (Å²) in [4.78, 5) is 24.3. The maximum absolute atomic E-state index is 12.2. The molecule has 1 fully saturated rings. The molecule has 0 saturated heterocycles. The van der Waals surface area contributed by atoms with Gasteiger partial charge in [0, 0.05) is 6.20 Å². The molecule has 3 aromatic rings. The quantitative estimate of drug-likeness (QED) is 0.626. The Morgan fingerprint density at radius 1 is 1.23 bits per heavy atom. The molecule has 4 rings (SSSR count). The number of pyridine rings is 1. The van der Waals surface area contributed by atoms with E-state index in [0.29, 0.717) is 15.7 Å². The third-order valence-electron chi connectivity index (χ3n) is 4.50. The molecule has 2 heterocycles. The van der Waals surface area contributed by atoms with Crippen molar-refractivity contribution in [3.05, 3.63) is 68.7 Å². The van der Waals surface area contributed by atoms with E-state index < -0.39 is 0 Å². The number of hydrogen-bond acceptors (Lipinski definition) is 4. The molecule has 8 heteroatoms. The average Bonchev–Trinajstić information content (AvgIpc) is 3.38. The number of halogens is 2. The van der Waals surface area contributed by atoms with Crippen LogP contribution >= 0.6 is 23.2 Å². The Labute approximate surface area is 158 Å². The van der Waals surface area contributed by atoms with Crippen molar-refractivity contribution in [3.63, 3.8) is 0 Å². The van der Waals surface area contributed by atoms with Crippen LogP contribution in [0.1, 0.15) is 17.9 Å². The average molecular weight is 392 g/mol. The third-order valence-corrected chi connectivity index (χ3v) is 5.24. The molecule has 1 aliphatic carbocycles. The zero-order chi connectivity index (χ0) is 18.3. The van der Waals surface area contributed by atoms with Crippen LogP contribution in [0.25, 0.3) is 5.65 Å². The molecule has 6 nitrogen and oxygen atoms in total. The van der Waals surface area contributed by atoms with Gasteiger partial charge in [-0.1, -0.05) is 35.3 Å². The molecule has 2 atom stereocenters. The van der Waals surface area contributed by atoms with Crippen LogP contribution in [-0.4, -0.2) is 26.8 Å². The number of aromatic nitrogens is 3. The lowest BCUT2D eigenvalue weighted by molar-refractivity contribution is -0.145. The van der Waals surface area contributed by atoms with Crippen LogP contribution in [0.5, 0.6) is 0 Å². The molecule has 26 heavy (non-hydrogen) atoms. The van der Waals surface area contributed by atoms with E-state index in [-0.39, 0.29) is 36.6 Å². The van der Waals surface area contributed by atoms with E-state index in [1.807, 2.05) is 12.1 Å². The summed E-state index contributed by atoms with van der Waals surface area (Å²) < 4.78 is 8.06. The van der Waals surface area contributed by atoms with E-state index in [2.05, 4.69) is 5.10 Å². The highest BCUT2D eigenvalue weighted by Crippen LogP contribution is 2.49. The van der Waals surface area contributed by atoms with Gasteiger partial charge in [-0.05, 0) is 42.2 Å². The first-order chi connectivity index (χ1) is 12.5. The number of carbonyl (C=O) groups is 1. The first-order valence-electron chi connectivity index (χ1n) is 8.20. The maximum Gasteiger partial charge on any atom is 0.350 e. The summed E-state index contributed by atoms with van der Waals surface area (Å²) >= 11 is 11.9. The van der Waals surface area contributed by atoms with E-state index in [0.717, 1.165) is 12.0 Å². The van der Waals surface area contributed by atoms with Crippen LogP contribution in [0.2, 0.25) is 10.0 Å². The first kappa shape index (κ1) is 17.1. The van der Waals surface area contributed by atoms with Crippen molar-refractivity contribution in [3.8, 4) is 0 Å². The molecule has 1 aliphatic rings. The lowest BCUT2D eigenvalue weighted by atomic mass is 10.1. The second-order valence-electron chi connectivity index (χ2n) is 6.22. The van der Waals surface area contributed by atoms with Crippen LogP contribution in [0.3, 0.4) is 0 Å². The molecule has 0 N–H and O–H groups in total. The highest BCUT2D eigenvalue weighted by atomic mass is 35.5. The second-order valence-corrected chi connectivity index (χ2v) is 7.04. The van der Waals surface area contributed by atoms with Crippen LogP contribution in [0, 0.1) is 5.92 Å². The van der Waals surface area contributed by atoms with Crippen LogP contribution in [0.15, 0.2) is 47.4 Å². The summed E-state index contributed by atoms with van der Waals surface area (Å²) in [5.74, 6) is -0.335. The van der Waals surface area contributed by atoms with Gasteiger partial charge >= 0.3 is 11.7 Å². The van der Waals surface area contributed by atoms with E-state index in [1.54, 1.807) is 30.5 Å². The van der Waals surface area contributed by atoms with Crippen molar-refractivity contribution < 1.29 is 9.53 Å². The number of esters is 1. The Hall–Kier alpha value is -2.31. The molecule has 1 saturated carbocycles. The highest BCUT2D eigenvalue weighted by molar-refractivity contribution is 6.42. The Balaban J connectivity index is 1.34. The van der Waals surface area contributed by atoms with Gasteiger partial charge in [0.15, 0.2) is 5.65 Å². The molecule has 134 valence electrons. The van der Waals surface area contributed by atoms with Crippen LogP contribution in [0.4, 0.5) is 0 Å². The Morgan fingerprint density at radius 2 is 2.08 bits per heavy atom. The molecular formula is C18H15Cl2N3O3. The number of carbonyl (C=O) groups excluding carboxylic acids is 1. The van der Waals surface area contributed by atoms with Gasteiger partial charge in [0.2, 0.25) is 0 Å². The number of hydrogen-bond donors (Lipinski definition) is 0. The lowest BCUT2D eigenvalue weighted by Gasteiger charge is -2.05. The Morgan fingerprint density at radius 3 is 2.85 bits per heavy atom. The fourth-order valence-electron chi connectivity index (χ4n) is 3.02. The summed E-state index contributed by atoms with van der Waals surface area (Å²) in [7, 11) is 0. The lowest BCUT2D eigenvalue weighted by Crippen LogP contribution is -2.24. The Bertz CT molecular complexity index is 1040.